The van der Waals surface area contributed by atoms with Gasteiger partial charge in [-0.15, -0.1) is 0 Å². The summed E-state index contributed by atoms with van der Waals surface area (Å²) < 4.78 is 5.79. The van der Waals surface area contributed by atoms with Crippen molar-refractivity contribution >= 4 is 34.2 Å². The first-order chi connectivity index (χ1) is 5.34. The molecule has 1 unspecified atom stereocenters. The summed E-state index contributed by atoms with van der Waals surface area (Å²) in [5, 5.41) is 0. The van der Waals surface area contributed by atoms with Gasteiger partial charge in [0.05, 0.1) is 0 Å². The smallest absolute Gasteiger partial charge is 0.157 e. The molecule has 1 nitrogen and oxygen atoms in total. The molecule has 3 heteroatoms. The lowest BCUT2D eigenvalue weighted by Crippen LogP contribution is -1.93. The Bertz CT molecular complexity index is 203. The summed E-state index contributed by atoms with van der Waals surface area (Å²) in [4.78, 5) is 0. The molecule has 11 heavy (non-hydrogen) atoms. The molecule has 0 heterocycles. The highest BCUT2D eigenvalue weighted by Gasteiger charge is 2.04. The standard InChI is InChI=1S/C8H8ClIO/c9-8(11-6-10)7-4-2-1-3-5-7/h1-5,8H,6H2. The molecule has 0 aliphatic heterocycles. The third-order valence-corrected chi connectivity index (χ3v) is 2.01. The molecule has 0 aliphatic rings. The lowest BCUT2D eigenvalue weighted by molar-refractivity contribution is 0.162. The number of ether oxygens (including phenoxy) is 1. The molecule has 0 fully saturated rings. The van der Waals surface area contributed by atoms with Crippen molar-refractivity contribution in [1.29, 1.82) is 0 Å². The highest BCUT2D eigenvalue weighted by Crippen LogP contribution is 2.21. The maximum absolute atomic E-state index is 5.88. The Morgan fingerprint density at radius 2 is 2.00 bits per heavy atom. The normalized spacial score (nSPS) is 12.9. The van der Waals surface area contributed by atoms with E-state index in [-0.39, 0.29) is 5.56 Å². The van der Waals surface area contributed by atoms with Gasteiger partial charge in [0.15, 0.2) is 5.56 Å². The van der Waals surface area contributed by atoms with Crippen LogP contribution in [0.25, 0.3) is 0 Å². The average Bonchev–Trinajstić information content (AvgIpc) is 2.07. The molecule has 1 atom stereocenters. The molecule has 1 rings (SSSR count). The lowest BCUT2D eigenvalue weighted by Gasteiger charge is -2.07. The summed E-state index contributed by atoms with van der Waals surface area (Å²) in [6.07, 6.45) is 0. The topological polar surface area (TPSA) is 9.23 Å². The molecule has 0 radical (unpaired) electrons. The molecule has 0 N–H and O–H groups in total. The Kier molecular flexibility index (Phi) is 4.18. The molecular formula is C8H8ClIO. The van der Waals surface area contributed by atoms with Gasteiger partial charge >= 0.3 is 0 Å². The zero-order valence-corrected chi connectivity index (χ0v) is 8.75. The molecule has 0 bridgehead atoms. The Balaban J connectivity index is 2.61. The number of hydrogen-bond acceptors (Lipinski definition) is 1. The van der Waals surface area contributed by atoms with Crippen LogP contribution in [0, 0.1) is 0 Å². The highest BCUT2D eigenvalue weighted by atomic mass is 127. The highest BCUT2D eigenvalue weighted by molar-refractivity contribution is 14.1. The van der Waals surface area contributed by atoms with Crippen LogP contribution < -0.4 is 0 Å². The third-order valence-electron chi connectivity index (χ3n) is 1.27. The second-order valence-corrected chi connectivity index (χ2v) is 3.02. The van der Waals surface area contributed by atoms with Gasteiger partial charge in [0.2, 0.25) is 0 Å². The predicted molar refractivity (Wildman–Crippen MR) is 55.0 cm³/mol. The number of rotatable bonds is 3. The summed E-state index contributed by atoms with van der Waals surface area (Å²) in [5.74, 6) is 0. The van der Waals surface area contributed by atoms with Crippen molar-refractivity contribution in [3.8, 4) is 0 Å². The van der Waals surface area contributed by atoms with Gasteiger partial charge in [-0.1, -0.05) is 64.5 Å². The van der Waals surface area contributed by atoms with E-state index in [1.165, 1.54) is 0 Å². The van der Waals surface area contributed by atoms with Crippen molar-refractivity contribution in [2.45, 2.75) is 5.56 Å². The van der Waals surface area contributed by atoms with Gasteiger partial charge in [-0.05, 0) is 5.56 Å². The zero-order chi connectivity index (χ0) is 8.10. The SMILES string of the molecule is ClC(OCI)c1ccccc1. The Hall–Kier alpha value is 0.200. The number of benzene rings is 1. The second kappa shape index (κ2) is 4.95. The number of hydrogen-bond donors (Lipinski definition) is 0. The number of halogens is 2. The summed E-state index contributed by atoms with van der Waals surface area (Å²) in [6, 6.07) is 9.74. The number of alkyl halides is 2. The molecule has 60 valence electrons. The first kappa shape index (κ1) is 9.29. The van der Waals surface area contributed by atoms with Crippen molar-refractivity contribution < 1.29 is 4.74 Å². The van der Waals surface area contributed by atoms with Gasteiger partial charge in [-0.2, -0.15) is 0 Å². The maximum Gasteiger partial charge on any atom is 0.157 e. The van der Waals surface area contributed by atoms with Gasteiger partial charge in [0.25, 0.3) is 0 Å². The van der Waals surface area contributed by atoms with Crippen LogP contribution in [0.5, 0.6) is 0 Å². The van der Waals surface area contributed by atoms with Crippen molar-refractivity contribution in [3.63, 3.8) is 0 Å². The van der Waals surface area contributed by atoms with Gasteiger partial charge in [0, 0.05) is 0 Å². The first-order valence-corrected chi connectivity index (χ1v) is 5.17. The molecule has 0 aliphatic carbocycles. The molecule has 0 amide bonds. The van der Waals surface area contributed by atoms with Crippen molar-refractivity contribution in [2.75, 3.05) is 4.61 Å². The van der Waals surface area contributed by atoms with Crippen LogP contribution in [0.15, 0.2) is 30.3 Å². The van der Waals surface area contributed by atoms with Crippen LogP contribution in [0.4, 0.5) is 0 Å². The van der Waals surface area contributed by atoms with Crippen molar-refractivity contribution in [3.05, 3.63) is 35.9 Å². The van der Waals surface area contributed by atoms with Crippen LogP contribution in [0.3, 0.4) is 0 Å². The Labute approximate surface area is 84.8 Å². The molecule has 1 aromatic rings. The predicted octanol–water partition coefficient (Wildman–Crippen LogP) is 3.33. The largest absolute Gasteiger partial charge is 0.348 e. The van der Waals surface area contributed by atoms with Crippen LogP contribution in [0.2, 0.25) is 0 Å². The minimum atomic E-state index is -0.312. The summed E-state index contributed by atoms with van der Waals surface area (Å²) in [5.41, 5.74) is 0.693. The van der Waals surface area contributed by atoms with Gasteiger partial charge in [0.1, 0.15) is 4.61 Å². The fourth-order valence-electron chi connectivity index (χ4n) is 0.756. The molecule has 0 saturated heterocycles. The fourth-order valence-corrected chi connectivity index (χ4v) is 1.54. The molecular weight excluding hydrogens is 274 g/mol. The van der Waals surface area contributed by atoms with E-state index in [0.29, 0.717) is 4.61 Å². The maximum atomic E-state index is 5.88. The van der Waals surface area contributed by atoms with Gasteiger partial charge in [-0.3, -0.25) is 0 Å². The van der Waals surface area contributed by atoms with Gasteiger partial charge < -0.3 is 4.74 Å². The molecule has 0 saturated carbocycles. The van der Waals surface area contributed by atoms with E-state index in [1.54, 1.807) is 0 Å². The van der Waals surface area contributed by atoms with E-state index < -0.39 is 0 Å². The fraction of sp³-hybridized carbons (Fsp3) is 0.250. The van der Waals surface area contributed by atoms with E-state index in [1.807, 2.05) is 30.3 Å². The van der Waals surface area contributed by atoms with Crippen LogP contribution in [-0.4, -0.2) is 4.61 Å². The average molecular weight is 283 g/mol. The lowest BCUT2D eigenvalue weighted by atomic mass is 10.2. The quantitative estimate of drug-likeness (QED) is 0.610. The van der Waals surface area contributed by atoms with E-state index in [4.69, 9.17) is 16.3 Å². The van der Waals surface area contributed by atoms with E-state index in [9.17, 15) is 0 Å². The molecule has 0 spiro atoms. The molecule has 0 aromatic heterocycles. The van der Waals surface area contributed by atoms with Gasteiger partial charge in [-0.25, -0.2) is 0 Å². The minimum Gasteiger partial charge on any atom is -0.348 e. The summed E-state index contributed by atoms with van der Waals surface area (Å²) >= 11 is 8.00. The Morgan fingerprint density at radius 3 is 2.55 bits per heavy atom. The van der Waals surface area contributed by atoms with Crippen LogP contribution in [-0.2, 0) is 4.74 Å². The zero-order valence-electron chi connectivity index (χ0n) is 5.84. The molecule has 1 aromatic carbocycles. The first-order valence-electron chi connectivity index (χ1n) is 3.21. The monoisotopic (exact) mass is 282 g/mol. The second-order valence-electron chi connectivity index (χ2n) is 2.00. The minimum absolute atomic E-state index is 0.312. The van der Waals surface area contributed by atoms with Crippen molar-refractivity contribution in [2.24, 2.45) is 0 Å². The van der Waals surface area contributed by atoms with Crippen molar-refractivity contribution in [1.82, 2.24) is 0 Å². The van der Waals surface area contributed by atoms with Crippen LogP contribution in [0.1, 0.15) is 11.1 Å². The van der Waals surface area contributed by atoms with E-state index in [2.05, 4.69) is 22.6 Å². The summed E-state index contributed by atoms with van der Waals surface area (Å²) in [6.45, 7) is 0. The Morgan fingerprint density at radius 1 is 1.36 bits per heavy atom. The summed E-state index contributed by atoms with van der Waals surface area (Å²) in [7, 11) is 0. The van der Waals surface area contributed by atoms with Crippen LogP contribution >= 0.6 is 34.2 Å². The third kappa shape index (κ3) is 2.97. The van der Waals surface area contributed by atoms with E-state index in [0.717, 1.165) is 5.56 Å². The van der Waals surface area contributed by atoms with E-state index >= 15 is 0 Å².